The lowest BCUT2D eigenvalue weighted by Gasteiger charge is -2.35. The Morgan fingerprint density at radius 3 is 2.65 bits per heavy atom. The lowest BCUT2D eigenvalue weighted by molar-refractivity contribution is 0.0933. The van der Waals surface area contributed by atoms with Crippen molar-refractivity contribution in [1.82, 2.24) is 15.1 Å². The van der Waals surface area contributed by atoms with E-state index in [9.17, 15) is 4.79 Å². The van der Waals surface area contributed by atoms with E-state index >= 15 is 0 Å². The maximum Gasteiger partial charge on any atom is 0.251 e. The molecule has 1 N–H and O–H groups in total. The van der Waals surface area contributed by atoms with Gasteiger partial charge in [-0.1, -0.05) is 24.3 Å². The molecule has 0 aliphatic carbocycles. The Bertz CT molecular complexity index is 1040. The van der Waals surface area contributed by atoms with Gasteiger partial charge in [-0.05, 0) is 62.6 Å². The van der Waals surface area contributed by atoms with Crippen molar-refractivity contribution in [3.05, 3.63) is 77.1 Å². The second-order valence-corrected chi connectivity index (χ2v) is 8.21. The van der Waals surface area contributed by atoms with Crippen LogP contribution in [0.5, 0.6) is 5.75 Å². The van der Waals surface area contributed by atoms with Gasteiger partial charge in [0.15, 0.2) is 0 Å². The molecule has 0 radical (unpaired) electrons. The molecule has 31 heavy (non-hydrogen) atoms. The first-order valence-electron chi connectivity index (χ1n) is 10.8. The number of amides is 1. The van der Waals surface area contributed by atoms with Gasteiger partial charge >= 0.3 is 0 Å². The Kier molecular flexibility index (Phi) is 6.26. The molecule has 2 aromatic carbocycles. The normalized spacial score (nSPS) is 16.2. The van der Waals surface area contributed by atoms with Crippen LogP contribution in [-0.4, -0.2) is 41.9 Å². The second kappa shape index (κ2) is 9.25. The number of aryl methyl sites for hydroxylation is 2. The highest BCUT2D eigenvalue weighted by Crippen LogP contribution is 2.30. The molecule has 0 spiro atoms. The van der Waals surface area contributed by atoms with E-state index in [1.165, 1.54) is 0 Å². The van der Waals surface area contributed by atoms with Crippen LogP contribution >= 0.6 is 0 Å². The number of methoxy groups -OCH3 is 1. The van der Waals surface area contributed by atoms with E-state index in [-0.39, 0.29) is 11.9 Å². The number of carbonyl (C=O) groups excluding carboxylic acids is 1. The Labute approximate surface area is 183 Å². The molecule has 1 saturated heterocycles. The molecule has 2 heterocycles. The van der Waals surface area contributed by atoms with Gasteiger partial charge in [-0.3, -0.25) is 9.48 Å². The molecule has 1 amide bonds. The SMILES string of the molecule is COc1ccccc1N1CCCC(NC(=O)c2ccc(Cn3nc(C)cc3C)cc2)C1. The van der Waals surface area contributed by atoms with Crippen molar-refractivity contribution >= 4 is 11.6 Å². The number of hydrogen-bond donors (Lipinski definition) is 1. The largest absolute Gasteiger partial charge is 0.495 e. The van der Waals surface area contributed by atoms with Crippen LogP contribution in [0.3, 0.4) is 0 Å². The summed E-state index contributed by atoms with van der Waals surface area (Å²) in [5, 5.41) is 7.72. The number of hydrogen-bond acceptors (Lipinski definition) is 4. The minimum atomic E-state index is -0.0236. The molecular formula is C25H30N4O2. The molecule has 6 nitrogen and oxygen atoms in total. The van der Waals surface area contributed by atoms with E-state index in [1.807, 2.05) is 54.1 Å². The summed E-state index contributed by atoms with van der Waals surface area (Å²) in [5.41, 5.74) is 5.05. The number of ether oxygens (including phenoxy) is 1. The number of para-hydroxylation sites is 2. The smallest absolute Gasteiger partial charge is 0.251 e. The Balaban J connectivity index is 1.38. The Morgan fingerprint density at radius 2 is 1.94 bits per heavy atom. The van der Waals surface area contributed by atoms with E-state index < -0.39 is 0 Å². The van der Waals surface area contributed by atoms with Crippen molar-refractivity contribution in [1.29, 1.82) is 0 Å². The van der Waals surface area contributed by atoms with E-state index in [2.05, 4.69) is 34.4 Å². The molecule has 1 atom stereocenters. The number of benzene rings is 2. The third-order valence-corrected chi connectivity index (χ3v) is 5.83. The van der Waals surface area contributed by atoms with E-state index in [1.54, 1.807) is 7.11 Å². The first-order valence-corrected chi connectivity index (χ1v) is 10.8. The van der Waals surface area contributed by atoms with Gasteiger partial charge in [-0.15, -0.1) is 0 Å². The zero-order valence-corrected chi connectivity index (χ0v) is 18.5. The molecule has 162 valence electrons. The van der Waals surface area contributed by atoms with Gasteiger partial charge in [-0.2, -0.15) is 5.10 Å². The molecule has 1 unspecified atom stereocenters. The number of anilines is 1. The number of aromatic nitrogens is 2. The summed E-state index contributed by atoms with van der Waals surface area (Å²) in [7, 11) is 1.69. The summed E-state index contributed by atoms with van der Waals surface area (Å²) in [6, 6.07) is 18.0. The molecule has 3 aromatic rings. The van der Waals surface area contributed by atoms with Crippen molar-refractivity contribution in [2.45, 2.75) is 39.3 Å². The number of nitrogens with one attached hydrogen (secondary N) is 1. The van der Waals surface area contributed by atoms with Crippen molar-refractivity contribution < 1.29 is 9.53 Å². The van der Waals surface area contributed by atoms with Crippen molar-refractivity contribution in [3.63, 3.8) is 0 Å². The monoisotopic (exact) mass is 418 g/mol. The van der Waals surface area contributed by atoms with Crippen LogP contribution in [0.4, 0.5) is 5.69 Å². The summed E-state index contributed by atoms with van der Waals surface area (Å²) < 4.78 is 7.50. The number of carbonyl (C=O) groups is 1. The molecule has 1 aliphatic rings. The molecule has 6 heteroatoms. The third kappa shape index (κ3) is 4.90. The fourth-order valence-electron chi connectivity index (χ4n) is 4.24. The van der Waals surface area contributed by atoms with E-state index in [0.29, 0.717) is 12.1 Å². The predicted molar refractivity (Wildman–Crippen MR) is 123 cm³/mol. The number of nitrogens with zero attached hydrogens (tertiary/aromatic N) is 3. The number of rotatable bonds is 6. The molecular weight excluding hydrogens is 388 g/mol. The van der Waals surface area contributed by atoms with Crippen molar-refractivity contribution in [3.8, 4) is 5.75 Å². The molecule has 0 saturated carbocycles. The maximum absolute atomic E-state index is 12.8. The van der Waals surface area contributed by atoms with Gasteiger partial charge in [-0.25, -0.2) is 0 Å². The van der Waals surface area contributed by atoms with E-state index in [4.69, 9.17) is 4.74 Å². The highest BCUT2D eigenvalue weighted by molar-refractivity contribution is 5.94. The molecule has 1 aromatic heterocycles. The van der Waals surface area contributed by atoms with Crippen LogP contribution in [0.1, 0.15) is 40.2 Å². The average molecular weight is 419 g/mol. The van der Waals surface area contributed by atoms with Gasteiger partial charge in [0.1, 0.15) is 5.75 Å². The fourth-order valence-corrected chi connectivity index (χ4v) is 4.24. The zero-order chi connectivity index (χ0) is 21.8. The highest BCUT2D eigenvalue weighted by atomic mass is 16.5. The predicted octanol–water partition coefficient (Wildman–Crippen LogP) is 3.96. The summed E-state index contributed by atoms with van der Waals surface area (Å²) in [4.78, 5) is 15.1. The van der Waals surface area contributed by atoms with Crippen LogP contribution < -0.4 is 15.0 Å². The first kappa shape index (κ1) is 21.0. The van der Waals surface area contributed by atoms with Gasteiger partial charge in [0.2, 0.25) is 0 Å². The van der Waals surface area contributed by atoms with Crippen LogP contribution in [-0.2, 0) is 6.54 Å². The quantitative estimate of drug-likeness (QED) is 0.658. The topological polar surface area (TPSA) is 59.4 Å². The molecule has 0 bridgehead atoms. The molecule has 1 aliphatic heterocycles. The fraction of sp³-hybridized carbons (Fsp3) is 0.360. The minimum Gasteiger partial charge on any atom is -0.495 e. The summed E-state index contributed by atoms with van der Waals surface area (Å²) in [5.74, 6) is 0.845. The molecule has 1 fully saturated rings. The van der Waals surface area contributed by atoms with Crippen molar-refractivity contribution in [2.75, 3.05) is 25.1 Å². The summed E-state index contributed by atoms with van der Waals surface area (Å²) in [6.07, 6.45) is 2.01. The third-order valence-electron chi connectivity index (χ3n) is 5.83. The van der Waals surface area contributed by atoms with Gasteiger partial charge < -0.3 is 15.0 Å². The van der Waals surface area contributed by atoms with Crippen LogP contribution in [0.15, 0.2) is 54.6 Å². The molecule has 4 rings (SSSR count). The van der Waals surface area contributed by atoms with Crippen molar-refractivity contribution in [2.24, 2.45) is 0 Å². The van der Waals surface area contributed by atoms with Gasteiger partial charge in [0.05, 0.1) is 25.0 Å². The Morgan fingerprint density at radius 1 is 1.16 bits per heavy atom. The van der Waals surface area contributed by atoms with E-state index in [0.717, 1.165) is 54.3 Å². The van der Waals surface area contributed by atoms with Crippen LogP contribution in [0.25, 0.3) is 0 Å². The Hall–Kier alpha value is -3.28. The summed E-state index contributed by atoms with van der Waals surface area (Å²) >= 11 is 0. The zero-order valence-electron chi connectivity index (χ0n) is 18.5. The minimum absolute atomic E-state index is 0.0236. The van der Waals surface area contributed by atoms with Gasteiger partial charge in [0, 0.05) is 30.4 Å². The van der Waals surface area contributed by atoms with Crippen LogP contribution in [0, 0.1) is 13.8 Å². The highest BCUT2D eigenvalue weighted by Gasteiger charge is 2.23. The summed E-state index contributed by atoms with van der Waals surface area (Å²) in [6.45, 7) is 6.51. The second-order valence-electron chi connectivity index (χ2n) is 8.21. The van der Waals surface area contributed by atoms with Crippen LogP contribution in [0.2, 0.25) is 0 Å². The maximum atomic E-state index is 12.8. The standard InChI is InChI=1S/C25H30N4O2/c1-18-15-19(2)29(27-18)16-20-10-12-21(13-11-20)25(30)26-22-7-6-14-28(17-22)23-8-4-5-9-24(23)31-3/h4-5,8-13,15,22H,6-7,14,16-17H2,1-3H3,(H,26,30). The lowest BCUT2D eigenvalue weighted by atomic mass is 10.0. The average Bonchev–Trinajstić information content (AvgIpc) is 3.10. The first-order chi connectivity index (χ1) is 15.0. The number of piperidine rings is 1. The lowest BCUT2D eigenvalue weighted by Crippen LogP contribution is -2.47. The van der Waals surface area contributed by atoms with Gasteiger partial charge in [0.25, 0.3) is 5.91 Å².